The van der Waals surface area contributed by atoms with E-state index >= 15 is 0 Å². The van der Waals surface area contributed by atoms with Crippen LogP contribution in [0, 0.1) is 0 Å². The van der Waals surface area contributed by atoms with Gasteiger partial charge in [0, 0.05) is 0 Å². The second-order valence-corrected chi connectivity index (χ2v) is 10.8. The quantitative estimate of drug-likeness (QED) is 0.191. The molecule has 4 aromatic rings. The van der Waals surface area contributed by atoms with Gasteiger partial charge in [0.1, 0.15) is 28.5 Å². The summed E-state index contributed by atoms with van der Waals surface area (Å²) in [7, 11) is -3.10. The number of hydrogen-bond acceptors (Lipinski definition) is 0. The van der Waals surface area contributed by atoms with Crippen molar-refractivity contribution in [3.63, 3.8) is 0 Å². The van der Waals surface area contributed by atoms with Crippen molar-refractivity contribution in [3.8, 4) is 0 Å². The summed E-state index contributed by atoms with van der Waals surface area (Å²) in [6.45, 7) is 0. The summed E-state index contributed by atoms with van der Waals surface area (Å²) in [4.78, 5) is 0. The van der Waals surface area contributed by atoms with Crippen LogP contribution in [0.4, 0.5) is 26.3 Å². The minimum atomic E-state index is -4.59. The highest BCUT2D eigenvalue weighted by atomic mass is 127. The van der Waals surface area contributed by atoms with Crippen LogP contribution in [0.1, 0.15) is 11.1 Å². The lowest BCUT2D eigenvalue weighted by Crippen LogP contribution is -3.00. The molecule has 0 N–H and O–H groups in total. The number of hydrogen-bond donors (Lipinski definition) is 0. The average molecular weight is 602 g/mol. The minimum absolute atomic E-state index is 0. The third-order valence-electron chi connectivity index (χ3n) is 5.41. The highest BCUT2D eigenvalue weighted by Crippen LogP contribution is 2.55. The van der Waals surface area contributed by atoms with Gasteiger partial charge in [-0.1, -0.05) is 48.5 Å². The van der Waals surface area contributed by atoms with E-state index in [1.807, 2.05) is 0 Å². The molecular formula is C26H18F6IP. The molecule has 0 aromatic heterocycles. The predicted molar refractivity (Wildman–Crippen MR) is 121 cm³/mol. The maximum absolute atomic E-state index is 13.6. The monoisotopic (exact) mass is 602 g/mol. The van der Waals surface area contributed by atoms with Gasteiger partial charge in [0.25, 0.3) is 0 Å². The Morgan fingerprint density at radius 1 is 0.412 bits per heavy atom. The molecule has 0 atom stereocenters. The zero-order valence-electron chi connectivity index (χ0n) is 17.5. The molecule has 0 bridgehead atoms. The zero-order chi connectivity index (χ0) is 23.7. The lowest BCUT2D eigenvalue weighted by atomic mass is 10.2. The van der Waals surface area contributed by atoms with Gasteiger partial charge in [-0.25, -0.2) is 0 Å². The minimum Gasteiger partial charge on any atom is -1.00 e. The molecule has 0 spiro atoms. The summed E-state index contributed by atoms with van der Waals surface area (Å²) >= 11 is 0. The first kappa shape index (κ1) is 26.2. The van der Waals surface area contributed by atoms with Crippen LogP contribution in [0.25, 0.3) is 0 Å². The molecule has 8 heteroatoms. The topological polar surface area (TPSA) is 0 Å². The molecule has 0 aliphatic heterocycles. The molecule has 0 fully saturated rings. The third-order valence-corrected chi connectivity index (χ3v) is 9.66. The summed E-state index contributed by atoms with van der Waals surface area (Å²) in [5, 5.41) is 1.98. The highest BCUT2D eigenvalue weighted by Gasteiger charge is 2.49. The second kappa shape index (κ2) is 10.1. The van der Waals surface area contributed by atoms with Crippen LogP contribution in [0.15, 0.2) is 109 Å². The van der Waals surface area contributed by atoms with Gasteiger partial charge in [-0.2, -0.15) is 26.3 Å². The van der Waals surface area contributed by atoms with E-state index in [4.69, 9.17) is 0 Å². The van der Waals surface area contributed by atoms with Crippen LogP contribution in [0.5, 0.6) is 0 Å². The Morgan fingerprint density at radius 3 is 1.06 bits per heavy atom. The Morgan fingerprint density at radius 2 is 0.735 bits per heavy atom. The number of alkyl halides is 6. The Hall–Kier alpha value is -2.38. The summed E-state index contributed by atoms with van der Waals surface area (Å²) in [5.41, 5.74) is -1.69. The summed E-state index contributed by atoms with van der Waals surface area (Å²) in [5.74, 6) is 0. The predicted octanol–water partition coefficient (Wildman–Crippen LogP) is 3.35. The lowest BCUT2D eigenvalue weighted by molar-refractivity contribution is -0.138. The van der Waals surface area contributed by atoms with E-state index in [1.54, 1.807) is 72.8 Å². The van der Waals surface area contributed by atoms with Crippen molar-refractivity contribution in [2.24, 2.45) is 0 Å². The second-order valence-electron chi connectivity index (χ2n) is 7.44. The Bertz CT molecular complexity index is 1140. The molecule has 0 aliphatic rings. The molecule has 0 nitrogen and oxygen atoms in total. The van der Waals surface area contributed by atoms with Gasteiger partial charge < -0.3 is 24.0 Å². The first-order valence-electron chi connectivity index (χ1n) is 9.99. The number of rotatable bonds is 4. The normalized spacial score (nSPS) is 12.2. The molecule has 0 saturated heterocycles. The number of benzene rings is 4. The molecule has 4 rings (SSSR count). The van der Waals surface area contributed by atoms with Crippen LogP contribution < -0.4 is 45.2 Å². The summed E-state index contributed by atoms with van der Waals surface area (Å²) < 4.78 is 81.9. The first-order valence-corrected chi connectivity index (χ1v) is 11.8. The first-order chi connectivity index (χ1) is 15.6. The van der Waals surface area contributed by atoms with Gasteiger partial charge in [-0.3, -0.25) is 0 Å². The van der Waals surface area contributed by atoms with Gasteiger partial charge in [0.15, 0.2) is 0 Å². The zero-order valence-corrected chi connectivity index (χ0v) is 20.5. The average Bonchev–Trinajstić information content (AvgIpc) is 2.80. The van der Waals surface area contributed by atoms with Gasteiger partial charge >= 0.3 is 12.4 Å². The molecule has 34 heavy (non-hydrogen) atoms. The van der Waals surface area contributed by atoms with Crippen LogP contribution in [0.2, 0.25) is 0 Å². The maximum Gasteiger partial charge on any atom is 0.416 e. The van der Waals surface area contributed by atoms with E-state index in [9.17, 15) is 26.3 Å². The Labute approximate surface area is 211 Å². The van der Waals surface area contributed by atoms with Gasteiger partial charge in [-0.05, 0) is 60.7 Å². The molecule has 176 valence electrons. The fourth-order valence-corrected chi connectivity index (χ4v) is 8.29. The van der Waals surface area contributed by atoms with Crippen molar-refractivity contribution in [3.05, 3.63) is 120 Å². The van der Waals surface area contributed by atoms with E-state index in [-0.39, 0.29) is 24.0 Å². The number of halogens is 7. The van der Waals surface area contributed by atoms with Crippen molar-refractivity contribution in [1.82, 2.24) is 0 Å². The largest absolute Gasteiger partial charge is 1.00 e. The molecule has 0 heterocycles. The van der Waals surface area contributed by atoms with E-state index in [0.29, 0.717) is 21.2 Å². The summed E-state index contributed by atoms with van der Waals surface area (Å²) in [6.07, 6.45) is -9.18. The fraction of sp³-hybridized carbons (Fsp3) is 0.0769. The van der Waals surface area contributed by atoms with Crippen molar-refractivity contribution >= 4 is 28.5 Å². The fourth-order valence-electron chi connectivity index (χ4n) is 3.98. The van der Waals surface area contributed by atoms with Gasteiger partial charge in [0.2, 0.25) is 0 Å². The molecule has 0 radical (unpaired) electrons. The third kappa shape index (κ3) is 5.01. The molecule has 0 unspecified atom stereocenters. The smallest absolute Gasteiger partial charge is 0.416 e. The Kier molecular flexibility index (Phi) is 7.78. The summed E-state index contributed by atoms with van der Waals surface area (Å²) in [6, 6.07) is 27.4. The van der Waals surface area contributed by atoms with Crippen molar-refractivity contribution < 1.29 is 50.3 Å². The van der Waals surface area contributed by atoms with Crippen molar-refractivity contribution in [2.75, 3.05) is 0 Å². The molecule has 0 aliphatic carbocycles. The van der Waals surface area contributed by atoms with Crippen LogP contribution in [0.3, 0.4) is 0 Å². The van der Waals surface area contributed by atoms with Gasteiger partial charge in [0.05, 0.1) is 11.1 Å². The van der Waals surface area contributed by atoms with E-state index < -0.39 is 30.7 Å². The molecule has 4 aromatic carbocycles. The van der Waals surface area contributed by atoms with Crippen LogP contribution >= 0.6 is 7.26 Å². The van der Waals surface area contributed by atoms with E-state index in [2.05, 4.69) is 0 Å². The van der Waals surface area contributed by atoms with Crippen molar-refractivity contribution in [1.29, 1.82) is 0 Å². The molecule has 0 amide bonds. The highest BCUT2D eigenvalue weighted by molar-refractivity contribution is 8.01. The lowest BCUT2D eigenvalue weighted by Gasteiger charge is -2.28. The maximum atomic E-state index is 13.6. The van der Waals surface area contributed by atoms with Gasteiger partial charge in [-0.15, -0.1) is 0 Å². The standard InChI is InChI=1S/C26H18F6P.HI/c27-25(28,29)19-9-7-15-23(17-19)33(21-11-3-1-4-12-21,22-13-5-2-6-14-22)24-16-8-10-20(18-24)26(30,31)32;/h1-18H;1H/q+1;/p-1. The van der Waals surface area contributed by atoms with E-state index in [1.165, 1.54) is 12.1 Å². The molecule has 0 saturated carbocycles. The van der Waals surface area contributed by atoms with E-state index in [0.717, 1.165) is 24.3 Å². The van der Waals surface area contributed by atoms with Crippen LogP contribution in [-0.4, -0.2) is 0 Å². The van der Waals surface area contributed by atoms with Crippen LogP contribution in [-0.2, 0) is 12.4 Å². The van der Waals surface area contributed by atoms with Crippen molar-refractivity contribution in [2.45, 2.75) is 12.4 Å². The Balaban J connectivity index is 0.00000324. The molecular weight excluding hydrogens is 584 g/mol. The SMILES string of the molecule is FC(F)(F)c1cccc([P+](c2ccccc2)(c2ccccc2)c2cccc(C(F)(F)F)c2)c1.[I-].